The predicted molar refractivity (Wildman–Crippen MR) is 98.4 cm³/mol. The van der Waals surface area contributed by atoms with Crippen molar-refractivity contribution in [3.8, 4) is 0 Å². The van der Waals surface area contributed by atoms with Crippen molar-refractivity contribution in [3.63, 3.8) is 0 Å². The van der Waals surface area contributed by atoms with Crippen molar-refractivity contribution in [2.24, 2.45) is 7.05 Å². The fourth-order valence-corrected chi connectivity index (χ4v) is 2.53. The van der Waals surface area contributed by atoms with E-state index < -0.39 is 11.7 Å². The number of hydrogen-bond donors (Lipinski definition) is 2. The quantitative estimate of drug-likeness (QED) is 0.507. The number of halogens is 2. The van der Waals surface area contributed by atoms with Gasteiger partial charge in [0.2, 0.25) is 0 Å². The number of aryl methyl sites for hydroxylation is 2. The number of aliphatic hydroxyl groups excluding tert-OH is 1. The summed E-state index contributed by atoms with van der Waals surface area (Å²) in [6.07, 6.45) is 1.36. The summed E-state index contributed by atoms with van der Waals surface area (Å²) in [6.45, 7) is 1.09. The first-order valence-corrected chi connectivity index (χ1v) is 8.38. The maximum Gasteiger partial charge on any atom is 0.298 e. The summed E-state index contributed by atoms with van der Waals surface area (Å²) >= 11 is 1.97. The van der Waals surface area contributed by atoms with E-state index in [1.807, 2.05) is 22.6 Å². The third-order valence-corrected chi connectivity index (χ3v) is 3.93. The summed E-state index contributed by atoms with van der Waals surface area (Å²) in [5.41, 5.74) is 2.92. The van der Waals surface area contributed by atoms with Gasteiger partial charge in [-0.15, -0.1) is 5.17 Å². The number of nitrogens with zero attached hydrogens (tertiary/aromatic N) is 2. The van der Waals surface area contributed by atoms with E-state index in [1.165, 1.54) is 36.0 Å². The van der Waals surface area contributed by atoms with Gasteiger partial charge in [0.15, 0.2) is 0 Å². The van der Waals surface area contributed by atoms with Gasteiger partial charge in [0.1, 0.15) is 12.4 Å². The van der Waals surface area contributed by atoms with Crippen LogP contribution >= 0.6 is 22.6 Å². The van der Waals surface area contributed by atoms with Crippen molar-refractivity contribution in [3.05, 3.63) is 61.3 Å². The van der Waals surface area contributed by atoms with Gasteiger partial charge in [-0.3, -0.25) is 15.0 Å². The van der Waals surface area contributed by atoms with Gasteiger partial charge < -0.3 is 9.67 Å². The topological polar surface area (TPSA) is 83.8 Å². The van der Waals surface area contributed by atoms with Gasteiger partial charge in [-0.1, -0.05) is 0 Å². The van der Waals surface area contributed by atoms with Crippen molar-refractivity contribution in [1.29, 1.82) is 0 Å². The third kappa shape index (κ3) is 4.77. The number of carbonyl (C=O) groups excluding carboxylic acids is 1. The van der Waals surface area contributed by atoms with Crippen molar-refractivity contribution < 1.29 is 19.1 Å². The zero-order valence-corrected chi connectivity index (χ0v) is 15.8. The minimum absolute atomic E-state index is 0.0354. The Morgan fingerprint density at radius 3 is 2.76 bits per heavy atom. The Balaban J connectivity index is 2.33. The van der Waals surface area contributed by atoms with E-state index in [2.05, 4.69) is 5.43 Å². The molecule has 1 aromatic carbocycles. The zero-order chi connectivity index (χ0) is 18.6. The first-order valence-electron chi connectivity index (χ1n) is 7.30. The largest absolute Gasteiger partial charge is 0.394 e. The number of rotatable bonds is 6. The minimum atomic E-state index is -0.634. The van der Waals surface area contributed by atoms with Crippen LogP contribution in [0.5, 0.6) is 0 Å². The van der Waals surface area contributed by atoms with E-state index in [9.17, 15) is 14.0 Å². The number of aromatic nitrogens is 1. The molecule has 0 bridgehead atoms. The monoisotopic (exact) mass is 461 g/mol. The molecular weight excluding hydrogens is 444 g/mol. The van der Waals surface area contributed by atoms with E-state index in [0.29, 0.717) is 9.13 Å². The van der Waals surface area contributed by atoms with E-state index in [1.54, 1.807) is 13.0 Å². The maximum absolute atomic E-state index is 14.0. The van der Waals surface area contributed by atoms with E-state index in [0.717, 1.165) is 5.17 Å². The molecule has 1 amide bonds. The predicted octanol–water partition coefficient (Wildman–Crippen LogP) is 1.83. The summed E-state index contributed by atoms with van der Waals surface area (Å²) in [5, 5.41) is 9.67. The van der Waals surface area contributed by atoms with Gasteiger partial charge in [-0.2, -0.15) is 0 Å². The smallest absolute Gasteiger partial charge is 0.298 e. The molecule has 134 valence electrons. The lowest BCUT2D eigenvalue weighted by Gasteiger charge is -2.23. The van der Waals surface area contributed by atoms with E-state index >= 15 is 0 Å². The normalized spacial score (nSPS) is 10.6. The highest BCUT2D eigenvalue weighted by Crippen LogP contribution is 2.18. The second kappa shape index (κ2) is 8.41. The SMILES string of the molecule is Cc1cc(C(=O)N(Nc2ccc(I)cc2F)OCCO)cn(C)c1=O. The van der Waals surface area contributed by atoms with Crippen LogP contribution < -0.4 is 11.0 Å². The van der Waals surface area contributed by atoms with Crippen LogP contribution in [0, 0.1) is 16.3 Å². The molecule has 0 aliphatic carbocycles. The van der Waals surface area contributed by atoms with Crippen molar-refractivity contribution >= 4 is 34.2 Å². The molecule has 0 fully saturated rings. The lowest BCUT2D eigenvalue weighted by molar-refractivity contribution is -0.115. The molecular formula is C16H17FIN3O4. The molecule has 1 heterocycles. The van der Waals surface area contributed by atoms with Crippen LogP contribution in [-0.4, -0.2) is 34.0 Å². The summed E-state index contributed by atoms with van der Waals surface area (Å²) in [4.78, 5) is 29.6. The fourth-order valence-electron chi connectivity index (χ4n) is 2.08. The summed E-state index contributed by atoms with van der Waals surface area (Å²) in [7, 11) is 1.53. The van der Waals surface area contributed by atoms with Crippen LogP contribution in [0.25, 0.3) is 0 Å². The Bertz CT molecular complexity index is 814. The molecule has 0 atom stereocenters. The molecule has 0 radical (unpaired) electrons. The lowest BCUT2D eigenvalue weighted by atomic mass is 10.2. The molecule has 25 heavy (non-hydrogen) atoms. The Kier molecular flexibility index (Phi) is 6.51. The molecule has 0 aliphatic rings. The van der Waals surface area contributed by atoms with Gasteiger partial charge in [-0.25, -0.2) is 9.23 Å². The molecule has 0 unspecified atom stereocenters. The molecule has 0 spiro atoms. The number of pyridine rings is 1. The van der Waals surface area contributed by atoms with Gasteiger partial charge in [0, 0.05) is 22.4 Å². The number of benzene rings is 1. The second-order valence-electron chi connectivity index (χ2n) is 5.22. The molecule has 0 saturated carbocycles. The molecule has 2 aromatic rings. The molecule has 2 rings (SSSR count). The zero-order valence-electron chi connectivity index (χ0n) is 13.6. The van der Waals surface area contributed by atoms with Gasteiger partial charge in [-0.05, 0) is 53.8 Å². The van der Waals surface area contributed by atoms with E-state index in [4.69, 9.17) is 9.94 Å². The number of aliphatic hydroxyl groups is 1. The highest BCUT2D eigenvalue weighted by molar-refractivity contribution is 14.1. The minimum Gasteiger partial charge on any atom is -0.394 e. The average Bonchev–Trinajstić information content (AvgIpc) is 2.57. The van der Waals surface area contributed by atoms with Crippen molar-refractivity contribution in [2.45, 2.75) is 6.92 Å². The fraction of sp³-hybridized carbons (Fsp3) is 0.250. The number of amides is 1. The Morgan fingerprint density at radius 1 is 1.44 bits per heavy atom. The van der Waals surface area contributed by atoms with Gasteiger partial charge in [0.05, 0.1) is 17.9 Å². The molecule has 1 aromatic heterocycles. The number of hydroxylamine groups is 1. The Hall–Kier alpha value is -1.98. The molecule has 0 saturated heterocycles. The number of hydrogen-bond acceptors (Lipinski definition) is 5. The number of hydrazine groups is 1. The van der Waals surface area contributed by atoms with Gasteiger partial charge in [0.25, 0.3) is 11.5 Å². The average molecular weight is 461 g/mol. The molecule has 0 aliphatic heterocycles. The Labute approximate surface area is 157 Å². The molecule has 9 heteroatoms. The highest BCUT2D eigenvalue weighted by atomic mass is 127. The standard InChI is InChI=1S/C16H17FIN3O4/c1-10-7-11(9-20(2)15(10)23)16(24)21(25-6-5-22)19-14-4-3-12(18)8-13(14)17/h3-4,7-9,19,22H,5-6H2,1-2H3. The highest BCUT2D eigenvalue weighted by Gasteiger charge is 2.20. The van der Waals surface area contributed by atoms with Gasteiger partial charge >= 0.3 is 0 Å². The summed E-state index contributed by atoms with van der Waals surface area (Å²) in [5.74, 6) is -1.20. The van der Waals surface area contributed by atoms with Crippen LogP contribution in [0.15, 0.2) is 35.3 Å². The molecule has 2 N–H and O–H groups in total. The number of anilines is 1. The maximum atomic E-state index is 14.0. The number of carbonyl (C=O) groups is 1. The lowest BCUT2D eigenvalue weighted by Crippen LogP contribution is -2.38. The summed E-state index contributed by atoms with van der Waals surface area (Å²) in [6, 6.07) is 5.85. The van der Waals surface area contributed by atoms with E-state index in [-0.39, 0.29) is 30.0 Å². The van der Waals surface area contributed by atoms with Crippen LogP contribution in [0.2, 0.25) is 0 Å². The van der Waals surface area contributed by atoms with Crippen molar-refractivity contribution in [2.75, 3.05) is 18.6 Å². The number of nitrogens with one attached hydrogen (secondary N) is 1. The van der Waals surface area contributed by atoms with Crippen LogP contribution in [0.4, 0.5) is 10.1 Å². The summed E-state index contributed by atoms with van der Waals surface area (Å²) < 4.78 is 16.0. The molecule has 7 nitrogen and oxygen atoms in total. The second-order valence-corrected chi connectivity index (χ2v) is 6.47. The first-order chi connectivity index (χ1) is 11.8. The van der Waals surface area contributed by atoms with Crippen LogP contribution in [0.3, 0.4) is 0 Å². The van der Waals surface area contributed by atoms with Crippen LogP contribution in [-0.2, 0) is 11.9 Å². The van der Waals surface area contributed by atoms with Crippen LogP contribution in [0.1, 0.15) is 15.9 Å². The third-order valence-electron chi connectivity index (χ3n) is 3.26. The van der Waals surface area contributed by atoms with Crippen molar-refractivity contribution in [1.82, 2.24) is 9.74 Å². The Morgan fingerprint density at radius 2 is 2.16 bits per heavy atom. The first kappa shape index (κ1) is 19.3.